The third-order valence-corrected chi connectivity index (χ3v) is 7.96. The number of nitrogens with one attached hydrogen (secondary N) is 2. The molecule has 8 nitrogen and oxygen atoms in total. The van der Waals surface area contributed by atoms with E-state index in [1.54, 1.807) is 60.1 Å². The van der Waals surface area contributed by atoms with Gasteiger partial charge < -0.3 is 15.4 Å². The maximum Gasteiger partial charge on any atom is 0.257 e. The predicted octanol–water partition coefficient (Wildman–Crippen LogP) is 3.58. The molecule has 0 spiro atoms. The molecule has 0 radical (unpaired) electrons. The molecule has 2 heterocycles. The Kier molecular flexibility index (Phi) is 6.89. The van der Waals surface area contributed by atoms with Gasteiger partial charge in [-0.05, 0) is 48.2 Å². The molecular formula is C23H23N3O5S2. The second kappa shape index (κ2) is 9.84. The summed E-state index contributed by atoms with van der Waals surface area (Å²) in [6.07, 6.45) is 0. The van der Waals surface area contributed by atoms with Gasteiger partial charge in [-0.25, -0.2) is 8.42 Å². The first-order valence-electron chi connectivity index (χ1n) is 10.3. The first-order valence-corrected chi connectivity index (χ1v) is 12.7. The maximum atomic E-state index is 13.1. The number of anilines is 2. The van der Waals surface area contributed by atoms with Crippen LogP contribution in [0.15, 0.2) is 64.2 Å². The average molecular weight is 486 g/mol. The Morgan fingerprint density at radius 3 is 2.48 bits per heavy atom. The third kappa shape index (κ3) is 5.14. The molecule has 0 unspecified atom stereocenters. The molecule has 172 valence electrons. The van der Waals surface area contributed by atoms with Gasteiger partial charge in [0.25, 0.3) is 11.8 Å². The van der Waals surface area contributed by atoms with Crippen LogP contribution in [-0.2, 0) is 14.8 Å². The number of rotatable bonds is 6. The van der Waals surface area contributed by atoms with E-state index in [9.17, 15) is 18.0 Å². The maximum absolute atomic E-state index is 13.1. The molecule has 0 bridgehead atoms. The van der Waals surface area contributed by atoms with Gasteiger partial charge in [0.2, 0.25) is 10.0 Å². The van der Waals surface area contributed by atoms with Gasteiger partial charge in [-0.15, -0.1) is 0 Å². The number of ether oxygens (including phenoxy) is 1. The monoisotopic (exact) mass is 485 g/mol. The Bertz CT molecular complexity index is 1270. The normalized spacial score (nSPS) is 14.6. The minimum absolute atomic E-state index is 0.140. The van der Waals surface area contributed by atoms with Crippen LogP contribution in [-0.4, -0.2) is 50.8 Å². The Labute approximate surface area is 196 Å². The number of carbonyl (C=O) groups is 2. The van der Waals surface area contributed by atoms with Crippen molar-refractivity contribution in [2.75, 3.05) is 36.9 Å². The number of thiophene rings is 1. The molecular weight excluding hydrogens is 462 g/mol. The van der Waals surface area contributed by atoms with Gasteiger partial charge in [0.15, 0.2) is 0 Å². The number of nitrogens with zero attached hydrogens (tertiary/aromatic N) is 1. The molecule has 0 saturated carbocycles. The lowest BCUT2D eigenvalue weighted by Gasteiger charge is -2.26. The van der Waals surface area contributed by atoms with Crippen molar-refractivity contribution in [1.82, 2.24) is 4.31 Å². The van der Waals surface area contributed by atoms with Crippen LogP contribution in [0.2, 0.25) is 0 Å². The molecule has 1 saturated heterocycles. The van der Waals surface area contributed by atoms with Gasteiger partial charge in [-0.1, -0.05) is 18.2 Å². The first kappa shape index (κ1) is 23.1. The van der Waals surface area contributed by atoms with Crippen molar-refractivity contribution in [3.8, 4) is 0 Å². The zero-order valence-electron chi connectivity index (χ0n) is 17.9. The van der Waals surface area contributed by atoms with Crippen molar-refractivity contribution in [2.45, 2.75) is 11.8 Å². The summed E-state index contributed by atoms with van der Waals surface area (Å²) in [4.78, 5) is 25.6. The smallest absolute Gasteiger partial charge is 0.257 e. The van der Waals surface area contributed by atoms with Crippen LogP contribution >= 0.6 is 11.3 Å². The minimum Gasteiger partial charge on any atom is -0.379 e. The fourth-order valence-corrected chi connectivity index (χ4v) is 5.75. The molecule has 1 aromatic heterocycles. The largest absolute Gasteiger partial charge is 0.379 e. The van der Waals surface area contributed by atoms with Crippen LogP contribution < -0.4 is 10.6 Å². The number of hydrogen-bond acceptors (Lipinski definition) is 6. The lowest BCUT2D eigenvalue weighted by atomic mass is 10.1. The van der Waals surface area contributed by atoms with Gasteiger partial charge in [0.05, 0.1) is 34.9 Å². The summed E-state index contributed by atoms with van der Waals surface area (Å²) in [5.41, 5.74) is 2.06. The van der Waals surface area contributed by atoms with Gasteiger partial charge in [0, 0.05) is 24.2 Å². The molecule has 0 aliphatic carbocycles. The lowest BCUT2D eigenvalue weighted by Crippen LogP contribution is -2.40. The Morgan fingerprint density at radius 2 is 1.76 bits per heavy atom. The molecule has 3 aromatic rings. The number of sulfonamides is 1. The number of morpholine rings is 1. The van der Waals surface area contributed by atoms with Gasteiger partial charge in [0.1, 0.15) is 0 Å². The molecule has 2 N–H and O–H groups in total. The van der Waals surface area contributed by atoms with Gasteiger partial charge >= 0.3 is 0 Å². The van der Waals surface area contributed by atoms with Crippen LogP contribution in [0.1, 0.15) is 26.3 Å². The molecule has 1 aliphatic heterocycles. The number of para-hydroxylation sites is 1. The van der Waals surface area contributed by atoms with E-state index in [0.29, 0.717) is 35.7 Å². The second-order valence-electron chi connectivity index (χ2n) is 7.46. The summed E-state index contributed by atoms with van der Waals surface area (Å²) in [5.74, 6) is -0.777. The van der Waals surface area contributed by atoms with E-state index in [4.69, 9.17) is 4.74 Å². The molecule has 4 rings (SSSR count). The van der Waals surface area contributed by atoms with Crippen molar-refractivity contribution in [3.05, 3.63) is 76.0 Å². The predicted molar refractivity (Wildman–Crippen MR) is 127 cm³/mol. The fraction of sp³-hybridized carbons (Fsp3) is 0.217. The van der Waals surface area contributed by atoms with E-state index in [-0.39, 0.29) is 29.5 Å². The molecule has 1 fully saturated rings. The van der Waals surface area contributed by atoms with E-state index in [0.717, 1.165) is 0 Å². The van der Waals surface area contributed by atoms with Crippen molar-refractivity contribution in [2.24, 2.45) is 0 Å². The number of hydrogen-bond donors (Lipinski definition) is 2. The second-order valence-corrected chi connectivity index (χ2v) is 10.1. The Hall–Kier alpha value is -3.05. The lowest BCUT2D eigenvalue weighted by molar-refractivity contribution is 0.0730. The van der Waals surface area contributed by atoms with Crippen molar-refractivity contribution in [1.29, 1.82) is 0 Å². The van der Waals surface area contributed by atoms with E-state index in [1.807, 2.05) is 0 Å². The summed E-state index contributed by atoms with van der Waals surface area (Å²) in [6, 6.07) is 13.1. The van der Waals surface area contributed by atoms with Gasteiger partial charge in [-0.2, -0.15) is 15.6 Å². The van der Waals surface area contributed by atoms with Crippen LogP contribution in [0.5, 0.6) is 0 Å². The van der Waals surface area contributed by atoms with Crippen LogP contribution in [0, 0.1) is 6.92 Å². The minimum atomic E-state index is -3.72. The molecule has 2 amide bonds. The highest BCUT2D eigenvalue weighted by Gasteiger charge is 2.28. The number of carbonyl (C=O) groups excluding carboxylic acids is 2. The standard InChI is InChI=1S/C23H23N3O5S2/c1-16-6-7-18(14-21(16)33(29,30)26-9-11-31-12-10-26)24-23(28)19-4-2-3-5-20(19)25-22(27)17-8-13-32-15-17/h2-8,13-15H,9-12H2,1H3,(H,24,28)(H,25,27). The van der Waals surface area contributed by atoms with E-state index in [2.05, 4.69) is 10.6 Å². The summed E-state index contributed by atoms with van der Waals surface area (Å²) >= 11 is 1.41. The highest BCUT2D eigenvalue weighted by atomic mass is 32.2. The SMILES string of the molecule is Cc1ccc(NC(=O)c2ccccc2NC(=O)c2ccsc2)cc1S(=O)(=O)N1CCOCC1. The van der Waals surface area contributed by atoms with E-state index < -0.39 is 15.9 Å². The van der Waals surface area contributed by atoms with Crippen LogP contribution in [0.3, 0.4) is 0 Å². The summed E-state index contributed by atoms with van der Waals surface area (Å²) in [5, 5.41) is 9.04. The van der Waals surface area contributed by atoms with Gasteiger partial charge in [-0.3, -0.25) is 9.59 Å². The Balaban J connectivity index is 1.56. The highest BCUT2D eigenvalue weighted by molar-refractivity contribution is 7.89. The Morgan fingerprint density at radius 1 is 1.00 bits per heavy atom. The summed E-state index contributed by atoms with van der Waals surface area (Å²) in [6.45, 7) is 2.99. The van der Waals surface area contributed by atoms with Crippen LogP contribution in [0.4, 0.5) is 11.4 Å². The van der Waals surface area contributed by atoms with Crippen molar-refractivity contribution < 1.29 is 22.7 Å². The van der Waals surface area contributed by atoms with Crippen molar-refractivity contribution in [3.63, 3.8) is 0 Å². The highest BCUT2D eigenvalue weighted by Crippen LogP contribution is 2.25. The van der Waals surface area contributed by atoms with E-state index in [1.165, 1.54) is 21.7 Å². The molecule has 33 heavy (non-hydrogen) atoms. The summed E-state index contributed by atoms with van der Waals surface area (Å²) in [7, 11) is -3.72. The third-order valence-electron chi connectivity index (χ3n) is 5.24. The molecule has 10 heteroatoms. The topological polar surface area (TPSA) is 105 Å². The number of amides is 2. The van der Waals surface area contributed by atoms with E-state index >= 15 is 0 Å². The fourth-order valence-electron chi connectivity index (χ4n) is 3.46. The quantitative estimate of drug-likeness (QED) is 0.555. The number of benzene rings is 2. The zero-order chi connectivity index (χ0) is 23.4. The molecule has 1 aliphatic rings. The van der Waals surface area contributed by atoms with Crippen LogP contribution in [0.25, 0.3) is 0 Å². The number of aryl methyl sites for hydroxylation is 1. The zero-order valence-corrected chi connectivity index (χ0v) is 19.5. The average Bonchev–Trinajstić information content (AvgIpc) is 3.36. The summed E-state index contributed by atoms with van der Waals surface area (Å²) < 4.78 is 32.9. The molecule has 0 atom stereocenters. The molecule has 2 aromatic carbocycles. The van der Waals surface area contributed by atoms with Crippen molar-refractivity contribution >= 4 is 44.5 Å². The first-order chi connectivity index (χ1) is 15.9.